The fourth-order valence-corrected chi connectivity index (χ4v) is 8.82. The van der Waals surface area contributed by atoms with Crippen LogP contribution >= 0.6 is 31.9 Å². The van der Waals surface area contributed by atoms with Gasteiger partial charge >= 0.3 is 0 Å². The van der Waals surface area contributed by atoms with Crippen molar-refractivity contribution in [2.45, 2.75) is 0 Å². The van der Waals surface area contributed by atoms with E-state index in [-0.39, 0.29) is 0 Å². The monoisotopic (exact) mass is 758 g/mol. The largest absolute Gasteiger partial charge is 0.204 e. The van der Waals surface area contributed by atoms with Crippen molar-refractivity contribution in [1.82, 2.24) is 0 Å². The summed E-state index contributed by atoms with van der Waals surface area (Å²) in [5, 5.41) is 8.43. The lowest BCUT2D eigenvalue weighted by atomic mass is 9.81. The van der Waals surface area contributed by atoms with Gasteiger partial charge in [0.15, 0.2) is 23.3 Å². The summed E-state index contributed by atoms with van der Waals surface area (Å²) >= 11 is 7.60. The molecule has 0 heterocycles. The van der Waals surface area contributed by atoms with Crippen LogP contribution in [0.5, 0.6) is 0 Å². The second-order valence-electron chi connectivity index (χ2n) is 11.9. The molecule has 0 aliphatic carbocycles. The summed E-state index contributed by atoms with van der Waals surface area (Å²) in [7, 11) is 0. The van der Waals surface area contributed by atoms with Crippen LogP contribution in [0, 0.1) is 23.3 Å². The number of fused-ring (bicyclic) bond motifs is 6. The molecule has 0 radical (unpaired) electrons. The third-order valence-electron chi connectivity index (χ3n) is 9.43. The minimum absolute atomic E-state index is 0.385. The summed E-state index contributed by atoms with van der Waals surface area (Å²) in [6.07, 6.45) is 0. The molecule has 0 nitrogen and oxygen atoms in total. The van der Waals surface area contributed by atoms with Gasteiger partial charge in [0.25, 0.3) is 0 Å². The first-order valence-corrected chi connectivity index (χ1v) is 16.8. The molecule has 0 aliphatic rings. The van der Waals surface area contributed by atoms with E-state index in [2.05, 4.69) is 31.9 Å². The van der Waals surface area contributed by atoms with E-state index >= 15 is 17.6 Å². The van der Waals surface area contributed by atoms with Gasteiger partial charge in [0, 0.05) is 8.95 Å². The van der Waals surface area contributed by atoms with Gasteiger partial charge in [-0.1, -0.05) is 97.1 Å². The van der Waals surface area contributed by atoms with Crippen molar-refractivity contribution in [1.29, 1.82) is 0 Å². The molecular weight excluding hydrogens is 740 g/mol. The molecule has 9 aromatic rings. The van der Waals surface area contributed by atoms with Crippen LogP contribution in [0.15, 0.2) is 130 Å². The van der Waals surface area contributed by atoms with E-state index in [1.54, 1.807) is 0 Å². The standard InChI is InChI=1S/C42H20Br2F4/c43-41-25-13-5-1-9-21(25)37(22-10-2-6-14-26(22)41)39-29-17-33(45)35(47)19-31(29)40(32-20-36(48)34(46)18-30(32)39)38-23-11-3-7-15-27(23)42(44)28-16-8-4-12-24(28)38/h1-20H. The van der Waals surface area contributed by atoms with Gasteiger partial charge in [-0.3, -0.25) is 0 Å². The molecule has 0 aromatic heterocycles. The number of benzene rings is 9. The zero-order valence-electron chi connectivity index (χ0n) is 24.8. The van der Waals surface area contributed by atoms with E-state index in [9.17, 15) is 0 Å². The average Bonchev–Trinajstić information content (AvgIpc) is 3.11. The lowest BCUT2D eigenvalue weighted by Crippen LogP contribution is -1.98. The Morgan fingerprint density at radius 2 is 0.458 bits per heavy atom. The van der Waals surface area contributed by atoms with Crippen LogP contribution in [0.1, 0.15) is 0 Å². The Labute approximate surface area is 288 Å². The van der Waals surface area contributed by atoms with Crippen molar-refractivity contribution in [3.63, 3.8) is 0 Å². The van der Waals surface area contributed by atoms with Crippen molar-refractivity contribution in [2.24, 2.45) is 0 Å². The zero-order valence-corrected chi connectivity index (χ0v) is 28.0. The lowest BCUT2D eigenvalue weighted by Gasteiger charge is -2.23. The number of halogens is 6. The minimum atomic E-state index is -1.03. The molecule has 48 heavy (non-hydrogen) atoms. The van der Waals surface area contributed by atoms with E-state index in [1.165, 1.54) is 24.3 Å². The summed E-state index contributed by atoms with van der Waals surface area (Å²) in [5.41, 5.74) is 2.42. The van der Waals surface area contributed by atoms with Crippen LogP contribution in [-0.4, -0.2) is 0 Å². The van der Waals surface area contributed by atoms with Crippen molar-refractivity contribution in [2.75, 3.05) is 0 Å². The van der Waals surface area contributed by atoms with Gasteiger partial charge in [0.05, 0.1) is 0 Å². The maximum atomic E-state index is 15.6. The van der Waals surface area contributed by atoms with Crippen LogP contribution in [0.25, 0.3) is 86.9 Å². The predicted molar refractivity (Wildman–Crippen MR) is 198 cm³/mol. The van der Waals surface area contributed by atoms with Crippen molar-refractivity contribution >= 4 is 96.5 Å². The van der Waals surface area contributed by atoms with Gasteiger partial charge in [0.1, 0.15) is 0 Å². The minimum Gasteiger partial charge on any atom is -0.204 e. The van der Waals surface area contributed by atoms with Gasteiger partial charge < -0.3 is 0 Å². The van der Waals surface area contributed by atoms with Gasteiger partial charge in [-0.15, -0.1) is 0 Å². The number of rotatable bonds is 2. The van der Waals surface area contributed by atoms with Crippen LogP contribution in [0.4, 0.5) is 17.6 Å². The molecule has 0 atom stereocenters. The maximum absolute atomic E-state index is 15.6. The Morgan fingerprint density at radius 1 is 0.271 bits per heavy atom. The zero-order chi connectivity index (χ0) is 32.8. The molecule has 0 N–H and O–H groups in total. The smallest absolute Gasteiger partial charge is 0.159 e. The highest BCUT2D eigenvalue weighted by molar-refractivity contribution is 9.11. The number of hydrogen-bond donors (Lipinski definition) is 0. The summed E-state index contributed by atoms with van der Waals surface area (Å²) < 4.78 is 64.0. The van der Waals surface area contributed by atoms with Crippen molar-refractivity contribution in [3.05, 3.63) is 154 Å². The summed E-state index contributed by atoms with van der Waals surface area (Å²) in [4.78, 5) is 0. The molecule has 0 saturated heterocycles. The van der Waals surface area contributed by atoms with E-state index in [0.717, 1.165) is 52.0 Å². The third-order valence-corrected chi connectivity index (χ3v) is 11.1. The molecule has 0 fully saturated rings. The van der Waals surface area contributed by atoms with E-state index < -0.39 is 23.3 Å². The molecule has 0 aliphatic heterocycles. The first kappa shape index (κ1) is 29.4. The first-order chi connectivity index (χ1) is 23.3. The second-order valence-corrected chi connectivity index (χ2v) is 13.5. The molecule has 0 saturated carbocycles. The Morgan fingerprint density at radius 3 is 0.688 bits per heavy atom. The topological polar surface area (TPSA) is 0 Å². The number of hydrogen-bond acceptors (Lipinski definition) is 0. The molecule has 0 unspecified atom stereocenters. The highest BCUT2D eigenvalue weighted by atomic mass is 79.9. The lowest BCUT2D eigenvalue weighted by molar-refractivity contribution is 0.510. The quantitative estimate of drug-likeness (QED) is 0.122. The Hall–Kier alpha value is -4.78. The Kier molecular flexibility index (Phi) is 6.65. The highest BCUT2D eigenvalue weighted by Crippen LogP contribution is 2.52. The Balaban J connectivity index is 1.61. The first-order valence-electron chi connectivity index (χ1n) is 15.3. The van der Waals surface area contributed by atoms with E-state index in [0.29, 0.717) is 43.8 Å². The highest BCUT2D eigenvalue weighted by Gasteiger charge is 2.26. The molecule has 6 heteroatoms. The van der Waals surface area contributed by atoms with Crippen LogP contribution in [0.2, 0.25) is 0 Å². The van der Waals surface area contributed by atoms with Gasteiger partial charge in [0.2, 0.25) is 0 Å². The molecule has 0 spiro atoms. The molecule has 0 amide bonds. The SMILES string of the molecule is Fc1cc2c(-c3c4ccccc4c(Br)c4ccccc34)c3cc(F)c(F)cc3c(-c3c4ccccc4c(Br)c4ccccc34)c2cc1F. The molecule has 9 aromatic carbocycles. The van der Waals surface area contributed by atoms with Crippen LogP contribution in [-0.2, 0) is 0 Å². The van der Waals surface area contributed by atoms with Gasteiger partial charge in [-0.25, -0.2) is 17.6 Å². The molecule has 230 valence electrons. The summed E-state index contributed by atoms with van der Waals surface area (Å²) in [6, 6.07) is 35.9. The molecule has 9 rings (SSSR count). The van der Waals surface area contributed by atoms with Crippen LogP contribution in [0.3, 0.4) is 0 Å². The predicted octanol–water partition coefficient (Wildman–Crippen LogP) is 14.0. The fourth-order valence-electron chi connectivity index (χ4n) is 7.44. The Bertz CT molecular complexity index is 2480. The second kappa shape index (κ2) is 10.9. The van der Waals surface area contributed by atoms with Gasteiger partial charge in [-0.2, -0.15) is 0 Å². The van der Waals surface area contributed by atoms with E-state index in [4.69, 9.17) is 0 Å². The van der Waals surface area contributed by atoms with E-state index in [1.807, 2.05) is 97.1 Å². The third kappa shape index (κ3) is 4.12. The fraction of sp³-hybridized carbons (Fsp3) is 0. The molecule has 0 bridgehead atoms. The molecular formula is C42H20Br2F4. The van der Waals surface area contributed by atoms with Crippen molar-refractivity contribution in [3.8, 4) is 22.3 Å². The maximum Gasteiger partial charge on any atom is 0.159 e. The van der Waals surface area contributed by atoms with Gasteiger partial charge in [-0.05, 0) is 143 Å². The van der Waals surface area contributed by atoms with Crippen molar-refractivity contribution < 1.29 is 17.6 Å². The normalized spacial score (nSPS) is 12.0. The summed E-state index contributed by atoms with van der Waals surface area (Å²) in [6.45, 7) is 0. The average molecular weight is 760 g/mol. The van der Waals surface area contributed by atoms with Crippen LogP contribution < -0.4 is 0 Å². The summed E-state index contributed by atoms with van der Waals surface area (Å²) in [5.74, 6) is -4.14.